The summed E-state index contributed by atoms with van der Waals surface area (Å²) in [7, 11) is 0. The van der Waals surface area contributed by atoms with E-state index in [0.29, 0.717) is 0 Å². The molecule has 3 aromatic rings. The van der Waals surface area contributed by atoms with E-state index in [1.54, 1.807) is 18.2 Å². The zero-order valence-electron chi connectivity index (χ0n) is 24.9. The first kappa shape index (κ1) is 33.0. The second-order valence-corrected chi connectivity index (χ2v) is 13.7. The van der Waals surface area contributed by atoms with Crippen molar-refractivity contribution in [3.8, 4) is 11.5 Å². The van der Waals surface area contributed by atoms with Gasteiger partial charge in [0.15, 0.2) is 33.0 Å². The fourth-order valence-corrected chi connectivity index (χ4v) is 8.76. The molecule has 2 aliphatic carbocycles. The van der Waals surface area contributed by atoms with Crippen molar-refractivity contribution in [1.82, 2.24) is 4.90 Å². The summed E-state index contributed by atoms with van der Waals surface area (Å²) >= 11 is 14.1. The van der Waals surface area contributed by atoms with Crippen molar-refractivity contribution < 1.29 is 51.3 Å². The molecule has 49 heavy (non-hydrogen) atoms. The fourth-order valence-electron chi connectivity index (χ4n) is 7.83. The average molecular weight is 721 g/mol. The van der Waals surface area contributed by atoms with Crippen LogP contribution in [0.5, 0.6) is 11.5 Å². The maximum Gasteiger partial charge on any atom is 0.258 e. The summed E-state index contributed by atoms with van der Waals surface area (Å²) in [6.45, 7) is -0.0305. The van der Waals surface area contributed by atoms with Crippen LogP contribution in [0.15, 0.2) is 60.2 Å². The van der Waals surface area contributed by atoms with Crippen molar-refractivity contribution in [2.45, 2.75) is 34.9 Å². The minimum absolute atomic E-state index is 0.0212. The number of fused-ring (bicyclic) bond motifs is 4. The van der Waals surface area contributed by atoms with Crippen molar-refractivity contribution in [2.24, 2.45) is 17.8 Å². The van der Waals surface area contributed by atoms with Crippen molar-refractivity contribution >= 4 is 52.5 Å². The highest BCUT2D eigenvalue weighted by Crippen LogP contribution is 2.66. The van der Waals surface area contributed by atoms with Crippen LogP contribution in [-0.2, 0) is 25.6 Å². The summed E-state index contributed by atoms with van der Waals surface area (Å²) < 4.78 is 72.9. The van der Waals surface area contributed by atoms with Gasteiger partial charge in [-0.05, 0) is 48.9 Å². The van der Waals surface area contributed by atoms with E-state index >= 15 is 8.78 Å². The Hall–Kier alpha value is -4.49. The molecule has 15 heteroatoms. The van der Waals surface area contributed by atoms with Gasteiger partial charge in [0.2, 0.25) is 17.6 Å². The Labute approximate surface area is 284 Å². The zero-order valence-corrected chi connectivity index (χ0v) is 26.4. The van der Waals surface area contributed by atoms with Crippen LogP contribution in [0.4, 0.5) is 27.6 Å². The molecule has 2 heterocycles. The van der Waals surface area contributed by atoms with Crippen LogP contribution in [0, 0.1) is 46.8 Å². The van der Waals surface area contributed by atoms with Crippen LogP contribution in [0.2, 0.25) is 0 Å². The lowest BCUT2D eigenvalue weighted by molar-refractivity contribution is -0.140. The van der Waals surface area contributed by atoms with Gasteiger partial charge in [-0.2, -0.15) is 0 Å². The normalized spacial score (nSPS) is 29.2. The molecule has 2 N–H and O–H groups in total. The van der Waals surface area contributed by atoms with Crippen LogP contribution in [-0.4, -0.2) is 55.0 Å². The van der Waals surface area contributed by atoms with Crippen molar-refractivity contribution in [1.29, 1.82) is 0 Å². The van der Waals surface area contributed by atoms with Crippen molar-refractivity contribution in [3.05, 3.63) is 100 Å². The lowest BCUT2D eigenvalue weighted by Gasteiger charge is -2.50. The second kappa shape index (κ2) is 11.3. The third-order valence-corrected chi connectivity index (χ3v) is 11.5. The standard InChI is InChI=1S/C34H23Cl2F5N2O6/c35-33-13-19-16(9-10-18-21(19)30(47)42(29(18)46)12-11-14-5-7-15(44)8-6-14)22(17-3-1-2-4-20(17)45)34(33,36)32(49)43(31(33)48)28-26(40)24(38)23(37)25(39)27(28)41/h1-9,18-19,21-22,44-45H,10-13H2/t18-,19+,21-,22+,33+,34-/m0/s1. The summed E-state index contributed by atoms with van der Waals surface area (Å²) in [4.78, 5) is 51.5. The number of carbonyl (C=O) groups is 4. The van der Waals surface area contributed by atoms with Gasteiger partial charge in [0, 0.05) is 18.0 Å². The first-order valence-electron chi connectivity index (χ1n) is 15.0. The zero-order chi connectivity index (χ0) is 35.3. The molecule has 0 spiro atoms. The van der Waals surface area contributed by atoms with Crippen molar-refractivity contribution in [2.75, 3.05) is 11.4 Å². The predicted molar refractivity (Wildman–Crippen MR) is 163 cm³/mol. The number of rotatable bonds is 5. The molecule has 4 amide bonds. The van der Waals surface area contributed by atoms with Crippen LogP contribution in [0.25, 0.3) is 0 Å². The largest absolute Gasteiger partial charge is 0.508 e. The van der Waals surface area contributed by atoms with Crippen LogP contribution >= 0.6 is 23.2 Å². The first-order chi connectivity index (χ1) is 23.1. The van der Waals surface area contributed by atoms with E-state index in [0.717, 1.165) is 10.5 Å². The van der Waals surface area contributed by atoms with E-state index < -0.39 is 104 Å². The Morgan fingerprint density at radius 3 is 2.02 bits per heavy atom. The number of para-hydroxylation sites is 1. The molecule has 2 saturated heterocycles. The summed E-state index contributed by atoms with van der Waals surface area (Å²) in [6, 6.07) is 11.6. The molecule has 3 aromatic carbocycles. The molecular formula is C34H23Cl2F5N2O6. The lowest BCUT2D eigenvalue weighted by Crippen LogP contribution is -2.60. The Morgan fingerprint density at radius 1 is 0.776 bits per heavy atom. The number of allylic oxidation sites excluding steroid dienone is 2. The Bertz CT molecular complexity index is 2000. The number of carbonyl (C=O) groups excluding carboxylic acids is 4. The topological polar surface area (TPSA) is 115 Å². The number of anilines is 1. The number of hydrogen-bond acceptors (Lipinski definition) is 6. The number of hydrogen-bond donors (Lipinski definition) is 2. The van der Waals surface area contributed by atoms with Gasteiger partial charge < -0.3 is 10.2 Å². The maximum atomic E-state index is 15.1. The number of amides is 4. The summed E-state index contributed by atoms with van der Waals surface area (Å²) in [5.74, 6) is -21.8. The van der Waals surface area contributed by atoms with Gasteiger partial charge in [-0.3, -0.25) is 24.1 Å². The SMILES string of the molecule is O=C1[C@H]2[C@H](CC=C3[C@H]2C[C@@]2(Cl)C(=O)N(c4c(F)c(F)c(F)c(F)c4F)C(=O)[C@@]2(Cl)[C@H]3c2ccccc2O)C(=O)N1CCc1ccc(O)cc1. The second-order valence-electron chi connectivity index (χ2n) is 12.5. The van der Waals surface area contributed by atoms with E-state index in [4.69, 9.17) is 23.2 Å². The van der Waals surface area contributed by atoms with E-state index in [1.807, 2.05) is 0 Å². The summed E-state index contributed by atoms with van der Waals surface area (Å²) in [6.07, 6.45) is 1.14. The van der Waals surface area contributed by atoms with Gasteiger partial charge in [0.05, 0.1) is 11.8 Å². The van der Waals surface area contributed by atoms with Crippen LogP contribution in [0.1, 0.15) is 29.9 Å². The molecule has 0 bridgehead atoms. The number of benzene rings is 3. The summed E-state index contributed by atoms with van der Waals surface area (Å²) in [5.41, 5.74) is -0.993. The monoisotopic (exact) mass is 720 g/mol. The summed E-state index contributed by atoms with van der Waals surface area (Å²) in [5, 5.41) is 20.6. The van der Waals surface area contributed by atoms with Gasteiger partial charge in [0.1, 0.15) is 17.2 Å². The number of nitrogens with zero attached hydrogens (tertiary/aromatic N) is 2. The molecule has 0 radical (unpaired) electrons. The Kier molecular flexibility index (Phi) is 7.60. The fraction of sp³-hybridized carbons (Fsp3) is 0.294. The van der Waals surface area contributed by atoms with E-state index in [9.17, 15) is 42.6 Å². The molecule has 6 atom stereocenters. The number of likely N-dealkylation sites (tertiary alicyclic amines) is 1. The predicted octanol–water partition coefficient (Wildman–Crippen LogP) is 5.60. The third kappa shape index (κ3) is 4.40. The van der Waals surface area contributed by atoms with E-state index in [-0.39, 0.29) is 41.2 Å². The van der Waals surface area contributed by atoms with Crippen LogP contribution in [0.3, 0.4) is 0 Å². The molecule has 1 saturated carbocycles. The van der Waals surface area contributed by atoms with Gasteiger partial charge in [-0.25, -0.2) is 26.9 Å². The number of alkyl halides is 2. The average Bonchev–Trinajstić information content (AvgIpc) is 3.41. The van der Waals surface area contributed by atoms with E-state index in [1.165, 1.54) is 36.4 Å². The molecule has 3 fully saturated rings. The smallest absolute Gasteiger partial charge is 0.258 e. The molecule has 7 rings (SSSR count). The quantitative estimate of drug-likeness (QED) is 0.0886. The molecular weight excluding hydrogens is 698 g/mol. The number of phenolic OH excluding ortho intramolecular Hbond substituents is 2. The van der Waals surface area contributed by atoms with E-state index in [2.05, 4.69) is 0 Å². The van der Waals surface area contributed by atoms with Crippen LogP contribution < -0.4 is 4.90 Å². The Balaban J connectivity index is 1.35. The highest BCUT2D eigenvalue weighted by molar-refractivity contribution is 6.58. The molecule has 0 aromatic heterocycles. The molecule has 4 aliphatic rings. The minimum atomic E-state index is -2.72. The minimum Gasteiger partial charge on any atom is -0.508 e. The number of imide groups is 2. The molecule has 254 valence electrons. The highest BCUT2D eigenvalue weighted by atomic mass is 35.5. The number of phenols is 2. The van der Waals surface area contributed by atoms with Gasteiger partial charge >= 0.3 is 0 Å². The molecule has 8 nitrogen and oxygen atoms in total. The lowest BCUT2D eigenvalue weighted by atomic mass is 9.56. The number of aromatic hydroxyl groups is 2. The number of halogens is 7. The molecule has 0 unspecified atom stereocenters. The Morgan fingerprint density at radius 2 is 1.39 bits per heavy atom. The van der Waals surface area contributed by atoms with Gasteiger partial charge in [-0.15, -0.1) is 23.2 Å². The highest BCUT2D eigenvalue weighted by Gasteiger charge is 2.77. The van der Waals surface area contributed by atoms with Crippen molar-refractivity contribution in [3.63, 3.8) is 0 Å². The first-order valence-corrected chi connectivity index (χ1v) is 15.8. The third-order valence-electron chi connectivity index (χ3n) is 10.1. The molecule has 2 aliphatic heterocycles. The van der Waals surface area contributed by atoms with Gasteiger partial charge in [0.25, 0.3) is 11.8 Å². The van der Waals surface area contributed by atoms with Gasteiger partial charge in [-0.1, -0.05) is 42.0 Å². The maximum absolute atomic E-state index is 15.1.